The Balaban J connectivity index is 2.41. The number of H-pyrrole nitrogens is 1. The molecule has 0 saturated carbocycles. The molecule has 0 aromatic carbocycles. The summed E-state index contributed by atoms with van der Waals surface area (Å²) in [7, 11) is 0. The number of nitrogens with zero attached hydrogens (tertiary/aromatic N) is 3. The van der Waals surface area contributed by atoms with Gasteiger partial charge in [0.1, 0.15) is 0 Å². The van der Waals surface area contributed by atoms with Gasteiger partial charge >= 0.3 is 0 Å². The van der Waals surface area contributed by atoms with E-state index in [1.807, 2.05) is 10.8 Å². The molecule has 0 aliphatic heterocycles. The van der Waals surface area contributed by atoms with Gasteiger partial charge in [-0.2, -0.15) is 5.10 Å². The summed E-state index contributed by atoms with van der Waals surface area (Å²) < 4.78 is 2.71. The summed E-state index contributed by atoms with van der Waals surface area (Å²) in [5.41, 5.74) is 0. The molecule has 1 N–H and O–H groups in total. The number of aromatic amines is 1. The van der Waals surface area contributed by atoms with Crippen molar-refractivity contribution in [2.45, 2.75) is 52.5 Å². The van der Waals surface area contributed by atoms with Crippen LogP contribution in [0.15, 0.2) is 6.20 Å². The van der Waals surface area contributed by atoms with E-state index in [1.54, 1.807) is 11.3 Å². The van der Waals surface area contributed by atoms with Crippen LogP contribution in [-0.2, 0) is 0 Å². The second kappa shape index (κ2) is 5.96. The maximum atomic E-state index is 5.28. The van der Waals surface area contributed by atoms with Crippen molar-refractivity contribution in [2.24, 2.45) is 0 Å². The van der Waals surface area contributed by atoms with E-state index >= 15 is 0 Å². The first-order valence-electron chi connectivity index (χ1n) is 6.71. The highest BCUT2D eigenvalue weighted by Gasteiger charge is 2.17. The van der Waals surface area contributed by atoms with E-state index in [9.17, 15) is 0 Å². The third-order valence-corrected chi connectivity index (χ3v) is 4.74. The largest absolute Gasteiger partial charge is 0.297 e. The molecule has 0 aliphatic carbocycles. The molecular formula is C13H20N4S2. The second-order valence-corrected chi connectivity index (χ2v) is 6.34. The van der Waals surface area contributed by atoms with E-state index in [2.05, 4.69) is 42.9 Å². The van der Waals surface area contributed by atoms with Crippen molar-refractivity contribution in [2.75, 3.05) is 0 Å². The van der Waals surface area contributed by atoms with E-state index in [-0.39, 0.29) is 0 Å². The van der Waals surface area contributed by atoms with Gasteiger partial charge in [-0.25, -0.2) is 4.98 Å². The van der Waals surface area contributed by atoms with Crippen LogP contribution in [0.4, 0.5) is 0 Å². The molecule has 0 atom stereocenters. The number of aromatic nitrogens is 4. The van der Waals surface area contributed by atoms with Gasteiger partial charge in [0.05, 0.1) is 9.88 Å². The van der Waals surface area contributed by atoms with Crippen molar-refractivity contribution in [3.05, 3.63) is 16.0 Å². The Morgan fingerprint density at radius 3 is 2.63 bits per heavy atom. The van der Waals surface area contributed by atoms with Crippen molar-refractivity contribution in [3.63, 3.8) is 0 Å². The molecule has 104 valence electrons. The average molecular weight is 296 g/mol. The Morgan fingerprint density at radius 2 is 2.05 bits per heavy atom. The number of nitrogens with one attached hydrogen (secondary N) is 1. The van der Waals surface area contributed by atoms with Gasteiger partial charge in [0, 0.05) is 18.2 Å². The summed E-state index contributed by atoms with van der Waals surface area (Å²) in [4.78, 5) is 5.65. The first-order valence-corrected chi connectivity index (χ1v) is 7.93. The van der Waals surface area contributed by atoms with Gasteiger partial charge < -0.3 is 0 Å². The van der Waals surface area contributed by atoms with Crippen LogP contribution in [0, 0.1) is 4.77 Å². The Kier molecular flexibility index (Phi) is 4.52. The summed E-state index contributed by atoms with van der Waals surface area (Å²) in [5.74, 6) is 1.45. The number of rotatable bonds is 5. The fourth-order valence-corrected chi connectivity index (χ4v) is 3.69. The van der Waals surface area contributed by atoms with Crippen molar-refractivity contribution in [1.82, 2.24) is 19.7 Å². The predicted molar refractivity (Wildman–Crippen MR) is 82.2 cm³/mol. The fourth-order valence-electron chi connectivity index (χ4n) is 2.18. The van der Waals surface area contributed by atoms with Crippen LogP contribution in [0.2, 0.25) is 0 Å². The Morgan fingerprint density at radius 1 is 1.37 bits per heavy atom. The molecule has 0 unspecified atom stereocenters. The minimum atomic E-state index is 0.292. The predicted octanol–water partition coefficient (Wildman–Crippen LogP) is 4.55. The Labute approximate surface area is 122 Å². The van der Waals surface area contributed by atoms with E-state index < -0.39 is 0 Å². The second-order valence-electron chi connectivity index (χ2n) is 4.89. The first kappa shape index (κ1) is 14.4. The highest BCUT2D eigenvalue weighted by Crippen LogP contribution is 2.32. The topological polar surface area (TPSA) is 46.5 Å². The number of thiazole rings is 1. The molecule has 2 aromatic rings. The maximum absolute atomic E-state index is 5.28. The molecule has 0 aliphatic rings. The molecule has 19 heavy (non-hydrogen) atoms. The van der Waals surface area contributed by atoms with Gasteiger partial charge in [0.25, 0.3) is 0 Å². The minimum Gasteiger partial charge on any atom is -0.297 e. The normalized spacial score (nSPS) is 11.7. The van der Waals surface area contributed by atoms with Crippen molar-refractivity contribution >= 4 is 23.6 Å². The van der Waals surface area contributed by atoms with Crippen molar-refractivity contribution < 1.29 is 0 Å². The molecule has 6 heteroatoms. The standard InChI is InChI=1S/C13H20N4S2/c1-5-9(6-2)12-14-7-10(19-12)11-15-16-13(18)17(11)8(3)4/h7-9H,5-6H2,1-4H3,(H,16,18). The molecule has 2 heterocycles. The van der Waals surface area contributed by atoms with Crippen LogP contribution >= 0.6 is 23.6 Å². The zero-order valence-corrected chi connectivity index (χ0v) is 13.4. The number of hydrogen-bond donors (Lipinski definition) is 1. The Bertz CT molecular complexity index is 590. The van der Waals surface area contributed by atoms with Gasteiger partial charge in [0.15, 0.2) is 10.6 Å². The van der Waals surface area contributed by atoms with Gasteiger partial charge in [-0.1, -0.05) is 13.8 Å². The van der Waals surface area contributed by atoms with E-state index in [0.717, 1.165) is 23.5 Å². The molecule has 2 rings (SSSR count). The van der Waals surface area contributed by atoms with Crippen LogP contribution in [0.3, 0.4) is 0 Å². The monoisotopic (exact) mass is 296 g/mol. The highest BCUT2D eigenvalue weighted by atomic mass is 32.1. The van der Waals surface area contributed by atoms with Gasteiger partial charge in [-0.3, -0.25) is 9.67 Å². The molecule has 4 nitrogen and oxygen atoms in total. The third-order valence-electron chi connectivity index (χ3n) is 3.30. The lowest BCUT2D eigenvalue weighted by Gasteiger charge is -2.09. The van der Waals surface area contributed by atoms with Crippen molar-refractivity contribution in [3.8, 4) is 10.7 Å². The van der Waals surface area contributed by atoms with E-state index in [0.29, 0.717) is 16.7 Å². The molecule has 0 spiro atoms. The zero-order valence-electron chi connectivity index (χ0n) is 11.8. The van der Waals surface area contributed by atoms with E-state index in [4.69, 9.17) is 12.2 Å². The van der Waals surface area contributed by atoms with Crippen LogP contribution < -0.4 is 0 Å². The Hall–Kier alpha value is -1.01. The highest BCUT2D eigenvalue weighted by molar-refractivity contribution is 7.71. The lowest BCUT2D eigenvalue weighted by Crippen LogP contribution is -2.02. The molecule has 0 radical (unpaired) electrons. The van der Waals surface area contributed by atoms with Crippen LogP contribution in [0.5, 0.6) is 0 Å². The molecule has 0 bridgehead atoms. The number of hydrogen-bond acceptors (Lipinski definition) is 4. The molecule has 0 saturated heterocycles. The third kappa shape index (κ3) is 2.79. The van der Waals surface area contributed by atoms with Gasteiger partial charge in [0.2, 0.25) is 0 Å². The van der Waals surface area contributed by atoms with Crippen LogP contribution in [-0.4, -0.2) is 19.7 Å². The van der Waals surface area contributed by atoms with Crippen LogP contribution in [0.1, 0.15) is 57.5 Å². The lowest BCUT2D eigenvalue weighted by molar-refractivity contribution is 0.597. The summed E-state index contributed by atoms with van der Waals surface area (Å²) in [6, 6.07) is 0.292. The lowest BCUT2D eigenvalue weighted by atomic mass is 10.1. The SMILES string of the molecule is CCC(CC)c1ncc(-c2n[nH]c(=S)n2C(C)C)s1. The summed E-state index contributed by atoms with van der Waals surface area (Å²) in [6.45, 7) is 8.63. The molecule has 0 fully saturated rings. The summed E-state index contributed by atoms with van der Waals surface area (Å²) in [6.07, 6.45) is 4.17. The average Bonchev–Trinajstić information content (AvgIpc) is 2.97. The molecule has 0 amide bonds. The van der Waals surface area contributed by atoms with Crippen molar-refractivity contribution in [1.29, 1.82) is 0 Å². The minimum absolute atomic E-state index is 0.292. The summed E-state index contributed by atoms with van der Waals surface area (Å²) >= 11 is 7.01. The maximum Gasteiger partial charge on any atom is 0.195 e. The van der Waals surface area contributed by atoms with Crippen LogP contribution in [0.25, 0.3) is 10.7 Å². The molecular weight excluding hydrogens is 276 g/mol. The first-order chi connectivity index (χ1) is 9.08. The quantitative estimate of drug-likeness (QED) is 0.823. The van der Waals surface area contributed by atoms with Gasteiger partial charge in [-0.15, -0.1) is 11.3 Å². The summed E-state index contributed by atoms with van der Waals surface area (Å²) in [5, 5.41) is 8.42. The molecule has 2 aromatic heterocycles. The fraction of sp³-hybridized carbons (Fsp3) is 0.615. The smallest absolute Gasteiger partial charge is 0.195 e. The van der Waals surface area contributed by atoms with Gasteiger partial charge in [-0.05, 0) is 38.9 Å². The van der Waals surface area contributed by atoms with E-state index in [1.165, 1.54) is 5.01 Å². The zero-order chi connectivity index (χ0) is 14.0.